The molecule has 104 valence electrons. The van der Waals surface area contributed by atoms with Crippen LogP contribution in [-0.4, -0.2) is 12.5 Å². The van der Waals surface area contributed by atoms with Crippen molar-refractivity contribution in [3.63, 3.8) is 0 Å². The van der Waals surface area contributed by atoms with Crippen LogP contribution in [0, 0.1) is 18.6 Å². The predicted octanol–water partition coefficient (Wildman–Crippen LogP) is 3.25. The summed E-state index contributed by atoms with van der Waals surface area (Å²) in [4.78, 5) is 11.9. The van der Waals surface area contributed by atoms with Gasteiger partial charge in [-0.05, 0) is 48.7 Å². The van der Waals surface area contributed by atoms with Crippen molar-refractivity contribution in [2.24, 2.45) is 0 Å². The van der Waals surface area contributed by atoms with Crippen LogP contribution in [0.15, 0.2) is 42.5 Å². The van der Waals surface area contributed by atoms with E-state index >= 15 is 0 Å². The molecule has 2 aromatic rings. The molecule has 0 fully saturated rings. The van der Waals surface area contributed by atoms with Gasteiger partial charge in [0.25, 0.3) is 5.91 Å². The predicted molar refractivity (Wildman–Crippen MR) is 73.6 cm³/mol. The smallest absolute Gasteiger partial charge is 0.251 e. The van der Waals surface area contributed by atoms with Gasteiger partial charge >= 0.3 is 0 Å². The number of rotatable bonds is 4. The number of nitrogens with one attached hydrogen (secondary N) is 1. The molecule has 0 radical (unpaired) electrons. The molecule has 0 spiro atoms. The fourth-order valence-electron chi connectivity index (χ4n) is 1.90. The van der Waals surface area contributed by atoms with E-state index < -0.39 is 0 Å². The molecule has 0 aromatic heterocycles. The number of carbonyl (C=O) groups is 1. The van der Waals surface area contributed by atoms with Gasteiger partial charge in [0.05, 0.1) is 0 Å². The molecule has 0 saturated heterocycles. The van der Waals surface area contributed by atoms with Crippen LogP contribution in [0.25, 0.3) is 0 Å². The molecule has 1 amide bonds. The molecular formula is C16H15F2NO. The second-order valence-electron chi connectivity index (χ2n) is 4.56. The van der Waals surface area contributed by atoms with Crippen LogP contribution >= 0.6 is 0 Å². The maximum Gasteiger partial charge on any atom is 0.251 e. The third kappa shape index (κ3) is 3.41. The highest BCUT2D eigenvalue weighted by molar-refractivity contribution is 5.94. The lowest BCUT2D eigenvalue weighted by molar-refractivity contribution is 0.0954. The van der Waals surface area contributed by atoms with E-state index in [1.165, 1.54) is 24.3 Å². The molecule has 0 atom stereocenters. The number of hydrogen-bond acceptors (Lipinski definition) is 1. The first kappa shape index (κ1) is 14.2. The van der Waals surface area contributed by atoms with E-state index in [9.17, 15) is 13.6 Å². The molecule has 4 heteroatoms. The molecular weight excluding hydrogens is 260 g/mol. The number of aryl methyl sites for hydroxylation is 1. The Labute approximate surface area is 116 Å². The van der Waals surface area contributed by atoms with E-state index in [0.29, 0.717) is 29.7 Å². The summed E-state index contributed by atoms with van der Waals surface area (Å²) in [5.74, 6) is -0.906. The van der Waals surface area contributed by atoms with Crippen molar-refractivity contribution in [2.45, 2.75) is 13.3 Å². The first-order valence-corrected chi connectivity index (χ1v) is 6.35. The molecule has 0 heterocycles. The molecule has 2 aromatic carbocycles. The van der Waals surface area contributed by atoms with E-state index in [2.05, 4.69) is 5.32 Å². The van der Waals surface area contributed by atoms with Gasteiger partial charge in [0, 0.05) is 12.1 Å². The fraction of sp³-hybridized carbons (Fsp3) is 0.188. The zero-order valence-corrected chi connectivity index (χ0v) is 11.1. The topological polar surface area (TPSA) is 29.1 Å². The van der Waals surface area contributed by atoms with Gasteiger partial charge in [-0.1, -0.05) is 18.2 Å². The second kappa shape index (κ2) is 6.28. The molecule has 0 unspecified atom stereocenters. The van der Waals surface area contributed by atoms with Crippen molar-refractivity contribution < 1.29 is 13.6 Å². The highest BCUT2D eigenvalue weighted by Gasteiger charge is 2.08. The van der Waals surface area contributed by atoms with Crippen LogP contribution in [0.4, 0.5) is 8.78 Å². The average molecular weight is 275 g/mol. The highest BCUT2D eigenvalue weighted by Crippen LogP contribution is 2.09. The molecule has 20 heavy (non-hydrogen) atoms. The third-order valence-electron chi connectivity index (χ3n) is 3.06. The minimum atomic E-state index is -0.340. The van der Waals surface area contributed by atoms with Crippen molar-refractivity contribution >= 4 is 5.91 Å². The Balaban J connectivity index is 1.92. The quantitative estimate of drug-likeness (QED) is 0.911. The Kier molecular flexibility index (Phi) is 4.45. The van der Waals surface area contributed by atoms with Gasteiger partial charge in [0.15, 0.2) is 0 Å². The van der Waals surface area contributed by atoms with E-state index in [1.54, 1.807) is 25.1 Å². The number of carbonyl (C=O) groups excluding carboxylic acids is 1. The van der Waals surface area contributed by atoms with Gasteiger partial charge in [-0.2, -0.15) is 0 Å². The molecule has 0 bridgehead atoms. The fourth-order valence-corrected chi connectivity index (χ4v) is 1.90. The van der Waals surface area contributed by atoms with Crippen LogP contribution in [0.3, 0.4) is 0 Å². The molecule has 0 aliphatic heterocycles. The lowest BCUT2D eigenvalue weighted by Crippen LogP contribution is -2.26. The summed E-state index contributed by atoms with van der Waals surface area (Å²) >= 11 is 0. The van der Waals surface area contributed by atoms with Crippen LogP contribution in [-0.2, 0) is 6.42 Å². The number of amides is 1. The normalized spacial score (nSPS) is 10.3. The van der Waals surface area contributed by atoms with Crippen molar-refractivity contribution in [3.8, 4) is 0 Å². The highest BCUT2D eigenvalue weighted by atomic mass is 19.1. The molecule has 0 aliphatic rings. The number of hydrogen-bond donors (Lipinski definition) is 1. The summed E-state index contributed by atoms with van der Waals surface area (Å²) in [6.07, 6.45) is 0.415. The van der Waals surface area contributed by atoms with Crippen LogP contribution in [0.2, 0.25) is 0 Å². The lowest BCUT2D eigenvalue weighted by atomic mass is 10.1. The largest absolute Gasteiger partial charge is 0.352 e. The van der Waals surface area contributed by atoms with Gasteiger partial charge in [-0.25, -0.2) is 8.78 Å². The summed E-state index contributed by atoms with van der Waals surface area (Å²) in [5.41, 5.74) is 1.38. The first-order valence-electron chi connectivity index (χ1n) is 6.35. The van der Waals surface area contributed by atoms with Crippen molar-refractivity contribution in [3.05, 3.63) is 70.8 Å². The van der Waals surface area contributed by atoms with Crippen molar-refractivity contribution in [2.75, 3.05) is 6.54 Å². The van der Waals surface area contributed by atoms with Gasteiger partial charge in [-0.15, -0.1) is 0 Å². The maximum absolute atomic E-state index is 13.4. The maximum atomic E-state index is 13.4. The minimum Gasteiger partial charge on any atom is -0.352 e. The Morgan fingerprint density at radius 3 is 2.55 bits per heavy atom. The van der Waals surface area contributed by atoms with Crippen LogP contribution < -0.4 is 5.32 Å². The van der Waals surface area contributed by atoms with E-state index in [1.807, 2.05) is 0 Å². The summed E-state index contributed by atoms with van der Waals surface area (Å²) in [7, 11) is 0. The van der Waals surface area contributed by atoms with Gasteiger partial charge in [0.1, 0.15) is 11.6 Å². The first-order chi connectivity index (χ1) is 9.58. The minimum absolute atomic E-state index is 0.278. The Morgan fingerprint density at radius 1 is 1.10 bits per heavy atom. The van der Waals surface area contributed by atoms with Gasteiger partial charge < -0.3 is 5.32 Å². The number of benzene rings is 2. The Hall–Kier alpha value is -2.23. The molecule has 2 nitrogen and oxygen atoms in total. The lowest BCUT2D eigenvalue weighted by Gasteiger charge is -2.07. The Morgan fingerprint density at radius 2 is 1.85 bits per heavy atom. The van der Waals surface area contributed by atoms with E-state index in [4.69, 9.17) is 0 Å². The SMILES string of the molecule is Cc1cc(C(=O)NCCc2ccccc2F)ccc1F. The molecule has 0 saturated carbocycles. The van der Waals surface area contributed by atoms with Crippen LogP contribution in [0.1, 0.15) is 21.5 Å². The zero-order valence-electron chi connectivity index (χ0n) is 11.1. The van der Waals surface area contributed by atoms with Crippen molar-refractivity contribution in [1.82, 2.24) is 5.32 Å². The standard InChI is InChI=1S/C16H15F2NO/c1-11-10-13(6-7-14(11)17)16(20)19-9-8-12-4-2-3-5-15(12)18/h2-7,10H,8-9H2,1H3,(H,19,20). The summed E-state index contributed by atoms with van der Waals surface area (Å²) in [5, 5.41) is 2.69. The second-order valence-corrected chi connectivity index (χ2v) is 4.56. The average Bonchev–Trinajstić information content (AvgIpc) is 2.44. The summed E-state index contributed by atoms with van der Waals surface area (Å²) in [6.45, 7) is 1.93. The third-order valence-corrected chi connectivity index (χ3v) is 3.06. The Bertz CT molecular complexity index is 626. The summed E-state index contributed by atoms with van der Waals surface area (Å²) < 4.78 is 26.5. The van der Waals surface area contributed by atoms with E-state index in [-0.39, 0.29) is 17.5 Å². The molecule has 2 rings (SSSR count). The zero-order chi connectivity index (χ0) is 14.5. The molecule has 1 N–H and O–H groups in total. The monoisotopic (exact) mass is 275 g/mol. The van der Waals surface area contributed by atoms with Crippen molar-refractivity contribution in [1.29, 1.82) is 0 Å². The number of halogens is 2. The molecule has 0 aliphatic carbocycles. The van der Waals surface area contributed by atoms with Gasteiger partial charge in [0.2, 0.25) is 0 Å². The van der Waals surface area contributed by atoms with E-state index in [0.717, 1.165) is 0 Å². The van der Waals surface area contributed by atoms with Gasteiger partial charge in [-0.3, -0.25) is 4.79 Å². The summed E-state index contributed by atoms with van der Waals surface area (Å²) in [6, 6.07) is 10.6. The van der Waals surface area contributed by atoms with Crippen LogP contribution in [0.5, 0.6) is 0 Å².